The van der Waals surface area contributed by atoms with Crippen LogP contribution in [0.4, 0.5) is 0 Å². The first kappa shape index (κ1) is 16.1. The molecule has 0 aromatic heterocycles. The minimum atomic E-state index is 0.0586. The van der Waals surface area contributed by atoms with Gasteiger partial charge in [-0.2, -0.15) is 0 Å². The van der Waals surface area contributed by atoms with Crippen molar-refractivity contribution in [3.8, 4) is 0 Å². The van der Waals surface area contributed by atoms with Crippen molar-refractivity contribution in [1.82, 2.24) is 5.32 Å². The summed E-state index contributed by atoms with van der Waals surface area (Å²) in [5, 5.41) is 2.95. The topological polar surface area (TPSA) is 64.3 Å². The molecule has 0 saturated heterocycles. The molecule has 3 N–H and O–H groups in total. The van der Waals surface area contributed by atoms with E-state index in [1.165, 1.54) is 0 Å². The minimum Gasteiger partial charge on any atom is -0.377 e. The molecule has 4 nitrogen and oxygen atoms in total. The molecule has 0 spiro atoms. The number of amides is 1. The highest BCUT2D eigenvalue weighted by Gasteiger charge is 2.11. The van der Waals surface area contributed by atoms with Crippen molar-refractivity contribution in [1.29, 1.82) is 0 Å². The summed E-state index contributed by atoms with van der Waals surface area (Å²) >= 11 is 0. The average Bonchev–Trinajstić information content (AvgIpc) is 2.27. The van der Waals surface area contributed by atoms with E-state index in [9.17, 15) is 4.79 Å². The smallest absolute Gasteiger partial charge is 0.220 e. The van der Waals surface area contributed by atoms with E-state index in [1.807, 2.05) is 0 Å². The van der Waals surface area contributed by atoms with Crippen LogP contribution in [0.3, 0.4) is 0 Å². The van der Waals surface area contributed by atoms with Gasteiger partial charge in [0.15, 0.2) is 0 Å². The van der Waals surface area contributed by atoms with Crippen molar-refractivity contribution in [2.75, 3.05) is 19.8 Å². The lowest BCUT2D eigenvalue weighted by molar-refractivity contribution is -0.122. The highest BCUT2D eigenvalue weighted by Crippen LogP contribution is 2.04. The predicted octanol–water partition coefficient (Wildman–Crippen LogP) is 1.46. The molecule has 0 saturated carbocycles. The highest BCUT2D eigenvalue weighted by atomic mass is 16.5. The molecule has 0 radical (unpaired) electrons. The van der Waals surface area contributed by atoms with Crippen LogP contribution >= 0.6 is 0 Å². The van der Waals surface area contributed by atoms with Gasteiger partial charge in [0.05, 0.1) is 6.61 Å². The van der Waals surface area contributed by atoms with Crippen LogP contribution in [0.5, 0.6) is 0 Å². The lowest BCUT2D eigenvalue weighted by Crippen LogP contribution is -2.41. The SMILES string of the molecule is C=CCOCCCC(=O)NC(CN)CC(C)C. The van der Waals surface area contributed by atoms with Crippen molar-refractivity contribution in [3.05, 3.63) is 12.7 Å². The van der Waals surface area contributed by atoms with Crippen molar-refractivity contribution < 1.29 is 9.53 Å². The zero-order chi connectivity index (χ0) is 13.1. The Morgan fingerprint density at radius 1 is 1.53 bits per heavy atom. The fourth-order valence-corrected chi connectivity index (χ4v) is 1.58. The van der Waals surface area contributed by atoms with Crippen LogP contribution in [0.15, 0.2) is 12.7 Å². The van der Waals surface area contributed by atoms with E-state index >= 15 is 0 Å². The van der Waals surface area contributed by atoms with Crippen LogP contribution in [0.1, 0.15) is 33.1 Å². The Bertz CT molecular complexity index is 217. The van der Waals surface area contributed by atoms with Crippen LogP contribution in [0.25, 0.3) is 0 Å². The molecule has 0 rings (SSSR count). The maximum Gasteiger partial charge on any atom is 0.220 e. The van der Waals surface area contributed by atoms with Crippen molar-refractivity contribution in [2.24, 2.45) is 11.7 Å². The molecule has 0 aliphatic heterocycles. The summed E-state index contributed by atoms with van der Waals surface area (Å²) in [6.45, 7) is 9.43. The maximum atomic E-state index is 11.6. The molecule has 0 heterocycles. The first-order valence-corrected chi connectivity index (χ1v) is 6.28. The number of carbonyl (C=O) groups is 1. The Labute approximate surface area is 105 Å². The Morgan fingerprint density at radius 2 is 2.24 bits per heavy atom. The van der Waals surface area contributed by atoms with Gasteiger partial charge in [0.25, 0.3) is 0 Å². The van der Waals surface area contributed by atoms with E-state index in [-0.39, 0.29) is 11.9 Å². The number of hydrogen-bond donors (Lipinski definition) is 2. The number of hydrogen-bond acceptors (Lipinski definition) is 3. The molecule has 4 heteroatoms. The molecule has 0 aliphatic rings. The number of rotatable bonds is 10. The Kier molecular flexibility index (Phi) is 9.77. The minimum absolute atomic E-state index is 0.0586. The Hall–Kier alpha value is -0.870. The van der Waals surface area contributed by atoms with E-state index in [1.54, 1.807) is 6.08 Å². The molecule has 100 valence electrons. The molecular weight excluding hydrogens is 216 g/mol. The van der Waals surface area contributed by atoms with Gasteiger partial charge in [0, 0.05) is 25.6 Å². The van der Waals surface area contributed by atoms with Crippen LogP contribution in [-0.4, -0.2) is 31.7 Å². The molecule has 0 fully saturated rings. The summed E-state index contributed by atoms with van der Waals surface area (Å²) in [6, 6.07) is 0.0941. The van der Waals surface area contributed by atoms with Gasteiger partial charge in [-0.05, 0) is 18.8 Å². The first-order chi connectivity index (χ1) is 8.10. The average molecular weight is 242 g/mol. The van der Waals surface area contributed by atoms with Crippen LogP contribution < -0.4 is 11.1 Å². The van der Waals surface area contributed by atoms with E-state index in [0.29, 0.717) is 32.1 Å². The molecule has 1 unspecified atom stereocenters. The van der Waals surface area contributed by atoms with E-state index in [2.05, 4.69) is 25.7 Å². The maximum absolute atomic E-state index is 11.6. The zero-order valence-electron chi connectivity index (χ0n) is 11.1. The molecule has 0 aliphatic carbocycles. The lowest BCUT2D eigenvalue weighted by atomic mass is 10.0. The molecule has 1 atom stereocenters. The van der Waals surface area contributed by atoms with Gasteiger partial charge >= 0.3 is 0 Å². The van der Waals surface area contributed by atoms with Gasteiger partial charge in [-0.3, -0.25) is 4.79 Å². The largest absolute Gasteiger partial charge is 0.377 e. The third-order valence-corrected chi connectivity index (χ3v) is 2.33. The van der Waals surface area contributed by atoms with Gasteiger partial charge in [-0.1, -0.05) is 19.9 Å². The van der Waals surface area contributed by atoms with E-state index in [4.69, 9.17) is 10.5 Å². The van der Waals surface area contributed by atoms with Crippen molar-refractivity contribution in [2.45, 2.75) is 39.2 Å². The summed E-state index contributed by atoms with van der Waals surface area (Å²) in [4.78, 5) is 11.6. The van der Waals surface area contributed by atoms with E-state index in [0.717, 1.165) is 12.8 Å². The van der Waals surface area contributed by atoms with Gasteiger partial charge < -0.3 is 15.8 Å². The highest BCUT2D eigenvalue weighted by molar-refractivity contribution is 5.76. The number of carbonyl (C=O) groups excluding carboxylic acids is 1. The second-order valence-electron chi connectivity index (χ2n) is 4.60. The van der Waals surface area contributed by atoms with Crippen molar-refractivity contribution >= 4 is 5.91 Å². The standard InChI is InChI=1S/C13H26N2O2/c1-4-7-17-8-5-6-13(16)15-12(10-14)9-11(2)3/h4,11-12H,1,5-10,14H2,2-3H3,(H,15,16). The Morgan fingerprint density at radius 3 is 2.76 bits per heavy atom. The second kappa shape index (κ2) is 10.3. The van der Waals surface area contributed by atoms with Crippen LogP contribution in [0.2, 0.25) is 0 Å². The first-order valence-electron chi connectivity index (χ1n) is 6.28. The van der Waals surface area contributed by atoms with Gasteiger partial charge in [-0.25, -0.2) is 0 Å². The number of nitrogens with one attached hydrogen (secondary N) is 1. The molecule has 0 bridgehead atoms. The molecule has 0 aromatic carbocycles. The predicted molar refractivity (Wildman–Crippen MR) is 70.7 cm³/mol. The quantitative estimate of drug-likeness (QED) is 0.450. The van der Waals surface area contributed by atoms with Gasteiger partial charge in [0.1, 0.15) is 0 Å². The third kappa shape index (κ3) is 10.0. The van der Waals surface area contributed by atoms with Crippen LogP contribution in [0, 0.1) is 5.92 Å². The number of nitrogens with two attached hydrogens (primary N) is 1. The number of ether oxygens (including phenoxy) is 1. The summed E-state index contributed by atoms with van der Waals surface area (Å²) in [6.07, 6.45) is 3.85. The molecule has 17 heavy (non-hydrogen) atoms. The third-order valence-electron chi connectivity index (χ3n) is 2.33. The summed E-state index contributed by atoms with van der Waals surface area (Å²) in [5.74, 6) is 0.600. The van der Waals surface area contributed by atoms with Crippen LogP contribution in [-0.2, 0) is 9.53 Å². The second-order valence-corrected chi connectivity index (χ2v) is 4.60. The van der Waals surface area contributed by atoms with Gasteiger partial charge in [-0.15, -0.1) is 6.58 Å². The van der Waals surface area contributed by atoms with E-state index < -0.39 is 0 Å². The fourth-order valence-electron chi connectivity index (χ4n) is 1.58. The normalized spacial score (nSPS) is 12.5. The monoisotopic (exact) mass is 242 g/mol. The van der Waals surface area contributed by atoms with Crippen molar-refractivity contribution in [3.63, 3.8) is 0 Å². The summed E-state index contributed by atoms with van der Waals surface area (Å²) < 4.78 is 5.21. The molecular formula is C13H26N2O2. The fraction of sp³-hybridized carbons (Fsp3) is 0.769. The molecule has 1 amide bonds. The Balaban J connectivity index is 3.64. The summed E-state index contributed by atoms with van der Waals surface area (Å²) in [7, 11) is 0. The van der Waals surface area contributed by atoms with Gasteiger partial charge in [0.2, 0.25) is 5.91 Å². The zero-order valence-corrected chi connectivity index (χ0v) is 11.1. The summed E-state index contributed by atoms with van der Waals surface area (Å²) in [5.41, 5.74) is 5.61. The molecule has 0 aromatic rings. The lowest BCUT2D eigenvalue weighted by Gasteiger charge is -2.18.